The Balaban J connectivity index is 1.92. The summed E-state index contributed by atoms with van der Waals surface area (Å²) in [5.41, 5.74) is 0.605. The van der Waals surface area contributed by atoms with E-state index >= 15 is 0 Å². The van der Waals surface area contributed by atoms with Gasteiger partial charge in [0.05, 0.1) is 19.4 Å². The van der Waals surface area contributed by atoms with Crippen LogP contribution in [0, 0.1) is 0 Å². The highest BCUT2D eigenvalue weighted by Gasteiger charge is 2.16. The Morgan fingerprint density at radius 3 is 2.50 bits per heavy atom. The molecule has 0 aliphatic heterocycles. The molecule has 1 amide bonds. The number of hydrogen-bond acceptors (Lipinski definition) is 5. The molecule has 1 aromatic carbocycles. The van der Waals surface area contributed by atoms with Gasteiger partial charge in [0.2, 0.25) is 0 Å². The van der Waals surface area contributed by atoms with Crippen LogP contribution < -0.4 is 4.74 Å². The maximum absolute atomic E-state index is 12.4. The Bertz CT molecular complexity index is 649. The van der Waals surface area contributed by atoms with Crippen LogP contribution in [0.5, 0.6) is 5.75 Å². The van der Waals surface area contributed by atoms with E-state index in [1.54, 1.807) is 48.6 Å². The fourth-order valence-corrected chi connectivity index (χ4v) is 2.11. The summed E-state index contributed by atoms with van der Waals surface area (Å²) in [4.78, 5) is 25.2. The van der Waals surface area contributed by atoms with E-state index in [1.165, 1.54) is 6.92 Å². The maximum Gasteiger partial charge on any atom is 0.260 e. The van der Waals surface area contributed by atoms with Gasteiger partial charge in [-0.15, -0.1) is 0 Å². The largest absolute Gasteiger partial charge is 0.484 e. The molecule has 6 nitrogen and oxygen atoms in total. The molecule has 0 N–H and O–H groups in total. The summed E-state index contributed by atoms with van der Waals surface area (Å²) in [5.74, 6) is 1.06. The van der Waals surface area contributed by atoms with Gasteiger partial charge in [-0.25, -0.2) is 0 Å². The number of ether oxygens (including phenoxy) is 2. The van der Waals surface area contributed by atoms with Crippen molar-refractivity contribution in [2.45, 2.75) is 13.5 Å². The minimum Gasteiger partial charge on any atom is -0.484 e. The van der Waals surface area contributed by atoms with Gasteiger partial charge in [-0.05, 0) is 43.3 Å². The van der Waals surface area contributed by atoms with Crippen molar-refractivity contribution >= 4 is 11.7 Å². The Labute approximate surface area is 141 Å². The van der Waals surface area contributed by atoms with Gasteiger partial charge in [-0.3, -0.25) is 9.59 Å². The quantitative estimate of drug-likeness (QED) is 0.661. The molecule has 2 rings (SSSR count). The lowest BCUT2D eigenvalue weighted by Gasteiger charge is -2.21. The highest BCUT2D eigenvalue weighted by molar-refractivity contribution is 5.94. The summed E-state index contributed by atoms with van der Waals surface area (Å²) in [5, 5.41) is 0. The van der Waals surface area contributed by atoms with E-state index in [1.807, 2.05) is 6.07 Å². The first-order valence-corrected chi connectivity index (χ1v) is 7.63. The van der Waals surface area contributed by atoms with Gasteiger partial charge in [0, 0.05) is 19.2 Å². The van der Waals surface area contributed by atoms with Crippen LogP contribution in [0.25, 0.3) is 0 Å². The van der Waals surface area contributed by atoms with E-state index in [-0.39, 0.29) is 18.3 Å². The molecule has 0 aliphatic rings. The molecule has 0 unspecified atom stereocenters. The van der Waals surface area contributed by atoms with E-state index in [9.17, 15) is 9.59 Å². The van der Waals surface area contributed by atoms with Crippen LogP contribution in [0.15, 0.2) is 47.1 Å². The smallest absolute Gasteiger partial charge is 0.260 e. The number of furan rings is 1. The van der Waals surface area contributed by atoms with Crippen molar-refractivity contribution in [3.05, 3.63) is 54.0 Å². The van der Waals surface area contributed by atoms with Crippen molar-refractivity contribution in [2.24, 2.45) is 0 Å². The molecule has 0 radical (unpaired) electrons. The number of hydrogen-bond donors (Lipinski definition) is 0. The summed E-state index contributed by atoms with van der Waals surface area (Å²) < 4.78 is 15.8. The van der Waals surface area contributed by atoms with Crippen LogP contribution in [-0.2, 0) is 16.1 Å². The van der Waals surface area contributed by atoms with Crippen LogP contribution in [0.4, 0.5) is 0 Å². The molecule has 2 aromatic rings. The van der Waals surface area contributed by atoms with Gasteiger partial charge in [-0.2, -0.15) is 0 Å². The number of nitrogens with zero attached hydrogens (tertiary/aromatic N) is 1. The van der Waals surface area contributed by atoms with Crippen molar-refractivity contribution in [1.82, 2.24) is 4.90 Å². The lowest BCUT2D eigenvalue weighted by molar-refractivity contribution is -0.134. The average molecular weight is 331 g/mol. The highest BCUT2D eigenvalue weighted by Crippen LogP contribution is 2.13. The summed E-state index contributed by atoms with van der Waals surface area (Å²) in [7, 11) is 1.59. The van der Waals surface area contributed by atoms with Crippen molar-refractivity contribution in [1.29, 1.82) is 0 Å². The van der Waals surface area contributed by atoms with Gasteiger partial charge in [0.15, 0.2) is 12.4 Å². The number of benzene rings is 1. The number of Topliss-reactive ketones (excluding diaryl/α,β-unsaturated/α-hetero) is 1. The first-order valence-electron chi connectivity index (χ1n) is 7.63. The van der Waals surface area contributed by atoms with Crippen LogP contribution in [0.3, 0.4) is 0 Å². The van der Waals surface area contributed by atoms with Crippen LogP contribution in [0.1, 0.15) is 23.0 Å². The van der Waals surface area contributed by atoms with Crippen molar-refractivity contribution in [2.75, 3.05) is 26.9 Å². The first kappa shape index (κ1) is 17.7. The van der Waals surface area contributed by atoms with E-state index in [4.69, 9.17) is 13.9 Å². The molecule has 6 heteroatoms. The zero-order chi connectivity index (χ0) is 17.4. The third-order valence-electron chi connectivity index (χ3n) is 3.47. The fourth-order valence-electron chi connectivity index (χ4n) is 2.11. The van der Waals surface area contributed by atoms with E-state index in [2.05, 4.69) is 0 Å². The number of amides is 1. The summed E-state index contributed by atoms with van der Waals surface area (Å²) in [6.45, 7) is 2.65. The average Bonchev–Trinajstić information content (AvgIpc) is 3.10. The predicted molar refractivity (Wildman–Crippen MR) is 87.9 cm³/mol. The summed E-state index contributed by atoms with van der Waals surface area (Å²) in [6.07, 6.45) is 1.57. The van der Waals surface area contributed by atoms with Crippen molar-refractivity contribution in [3.8, 4) is 5.75 Å². The molecule has 0 saturated carbocycles. The number of rotatable bonds is 9. The molecule has 0 fully saturated rings. The Morgan fingerprint density at radius 1 is 1.17 bits per heavy atom. The minimum absolute atomic E-state index is 0.0122. The monoisotopic (exact) mass is 331 g/mol. The van der Waals surface area contributed by atoms with E-state index < -0.39 is 0 Å². The van der Waals surface area contributed by atoms with Crippen LogP contribution in [-0.4, -0.2) is 43.5 Å². The summed E-state index contributed by atoms with van der Waals surface area (Å²) in [6, 6.07) is 10.3. The lowest BCUT2D eigenvalue weighted by atomic mass is 10.1. The maximum atomic E-state index is 12.4. The Morgan fingerprint density at radius 2 is 1.92 bits per heavy atom. The van der Waals surface area contributed by atoms with Gasteiger partial charge < -0.3 is 18.8 Å². The van der Waals surface area contributed by atoms with E-state index in [0.717, 1.165) is 0 Å². The molecular weight excluding hydrogens is 310 g/mol. The highest BCUT2D eigenvalue weighted by atomic mass is 16.5. The number of carbonyl (C=O) groups excluding carboxylic acids is 2. The van der Waals surface area contributed by atoms with Gasteiger partial charge in [0.1, 0.15) is 11.5 Å². The number of ketones is 1. The molecule has 0 spiro atoms. The first-order chi connectivity index (χ1) is 11.6. The number of carbonyl (C=O) groups is 2. The van der Waals surface area contributed by atoms with Crippen molar-refractivity contribution < 1.29 is 23.5 Å². The molecule has 1 aromatic heterocycles. The molecular formula is C18H21NO5. The molecule has 0 bridgehead atoms. The second kappa shape index (κ2) is 8.88. The second-order valence-electron chi connectivity index (χ2n) is 5.26. The SMILES string of the molecule is COCCN(Cc1ccco1)C(=O)COc1ccc(C(C)=O)cc1. The van der Waals surface area contributed by atoms with Gasteiger partial charge >= 0.3 is 0 Å². The van der Waals surface area contributed by atoms with E-state index in [0.29, 0.717) is 36.8 Å². The minimum atomic E-state index is -0.168. The molecule has 0 saturated heterocycles. The zero-order valence-corrected chi connectivity index (χ0v) is 13.9. The van der Waals surface area contributed by atoms with Crippen molar-refractivity contribution in [3.63, 3.8) is 0 Å². The predicted octanol–water partition coefficient (Wildman–Crippen LogP) is 2.54. The lowest BCUT2D eigenvalue weighted by Crippen LogP contribution is -2.36. The van der Waals surface area contributed by atoms with Crippen LogP contribution in [0.2, 0.25) is 0 Å². The number of methoxy groups -OCH3 is 1. The zero-order valence-electron chi connectivity index (χ0n) is 13.9. The standard InChI is InChI=1S/C18H21NO5/c1-14(20)15-5-7-16(8-6-15)24-13-18(21)19(9-11-22-2)12-17-4-3-10-23-17/h3-8,10H,9,11-13H2,1-2H3. The molecule has 24 heavy (non-hydrogen) atoms. The normalized spacial score (nSPS) is 10.4. The second-order valence-corrected chi connectivity index (χ2v) is 5.26. The fraction of sp³-hybridized carbons (Fsp3) is 0.333. The third kappa shape index (κ3) is 5.24. The molecule has 0 aliphatic carbocycles. The summed E-state index contributed by atoms with van der Waals surface area (Å²) >= 11 is 0. The Hall–Kier alpha value is -2.60. The Kier molecular flexibility index (Phi) is 6.57. The van der Waals surface area contributed by atoms with Gasteiger partial charge in [-0.1, -0.05) is 0 Å². The topological polar surface area (TPSA) is 69.0 Å². The van der Waals surface area contributed by atoms with Gasteiger partial charge in [0.25, 0.3) is 5.91 Å². The molecule has 1 heterocycles. The third-order valence-corrected chi connectivity index (χ3v) is 3.47. The molecule has 128 valence electrons. The molecule has 0 atom stereocenters. The van der Waals surface area contributed by atoms with Crippen LogP contribution >= 0.6 is 0 Å².